The van der Waals surface area contributed by atoms with Crippen molar-refractivity contribution in [2.75, 3.05) is 0 Å². The average molecular weight is 159 g/mol. The van der Waals surface area contributed by atoms with Crippen LogP contribution in [0, 0.1) is 13.1 Å². The van der Waals surface area contributed by atoms with Gasteiger partial charge < -0.3 is 0 Å². The fourth-order valence-electron chi connectivity index (χ4n) is 0.871. The third-order valence-electron chi connectivity index (χ3n) is 1.46. The van der Waals surface area contributed by atoms with Crippen LogP contribution in [0.15, 0.2) is 24.5 Å². The Morgan fingerprint density at radius 1 is 1.25 bits per heavy atom. The van der Waals surface area contributed by atoms with Crippen LogP contribution in [-0.4, -0.2) is 20.0 Å². The molecule has 0 aliphatic heterocycles. The zero-order valence-corrected chi connectivity index (χ0v) is 6.60. The molecule has 0 amide bonds. The van der Waals surface area contributed by atoms with Gasteiger partial charge in [-0.1, -0.05) is 0 Å². The van der Waals surface area contributed by atoms with Crippen molar-refractivity contribution in [2.24, 2.45) is 0 Å². The highest BCUT2D eigenvalue weighted by Gasteiger charge is 1.96. The molecule has 0 bridgehead atoms. The van der Waals surface area contributed by atoms with Gasteiger partial charge in [0.15, 0.2) is 0 Å². The Bertz CT molecular complexity index is 349. The van der Waals surface area contributed by atoms with Crippen LogP contribution in [0.3, 0.4) is 0 Å². The molecule has 0 atom stereocenters. The van der Waals surface area contributed by atoms with Crippen LogP contribution in [0.1, 0.15) is 5.69 Å². The van der Waals surface area contributed by atoms with E-state index in [-0.39, 0.29) is 0 Å². The highest BCUT2D eigenvalue weighted by molar-refractivity contribution is 5.24. The van der Waals surface area contributed by atoms with E-state index in [1.54, 1.807) is 12.4 Å². The molecular formula is C8H7N4. The first kappa shape index (κ1) is 6.97. The highest BCUT2D eigenvalue weighted by Crippen LogP contribution is 2.01. The summed E-state index contributed by atoms with van der Waals surface area (Å²) in [5.41, 5.74) is 1.69. The number of aromatic nitrogens is 4. The first-order valence-electron chi connectivity index (χ1n) is 3.58. The minimum absolute atomic E-state index is 0.755. The molecule has 59 valence electrons. The number of hydrogen-bond acceptors (Lipinski definition) is 3. The van der Waals surface area contributed by atoms with Gasteiger partial charge in [0.1, 0.15) is 11.9 Å². The van der Waals surface area contributed by atoms with Gasteiger partial charge in [-0.05, 0) is 19.1 Å². The molecule has 0 aromatic carbocycles. The lowest BCUT2D eigenvalue weighted by molar-refractivity contribution is 0.746. The summed E-state index contributed by atoms with van der Waals surface area (Å²) in [7, 11) is 0. The Morgan fingerprint density at radius 3 is 2.58 bits per heavy atom. The summed E-state index contributed by atoms with van der Waals surface area (Å²) in [6, 6.07) is 3.78. The van der Waals surface area contributed by atoms with E-state index in [2.05, 4.69) is 21.4 Å². The zero-order chi connectivity index (χ0) is 8.39. The van der Waals surface area contributed by atoms with Gasteiger partial charge in [0.05, 0.1) is 12.4 Å². The maximum absolute atomic E-state index is 4.01. The van der Waals surface area contributed by atoms with Crippen LogP contribution in [0.2, 0.25) is 0 Å². The summed E-state index contributed by atoms with van der Waals surface area (Å²) < 4.78 is 0. The predicted molar refractivity (Wildman–Crippen MR) is 42.7 cm³/mol. The fourth-order valence-corrected chi connectivity index (χ4v) is 0.871. The van der Waals surface area contributed by atoms with Gasteiger partial charge in [-0.25, -0.2) is 4.98 Å². The molecule has 4 heteroatoms. The molecule has 0 saturated heterocycles. The molecule has 0 fully saturated rings. The Balaban J connectivity index is 2.43. The summed E-state index contributed by atoms with van der Waals surface area (Å²) in [4.78, 5) is 5.49. The van der Waals surface area contributed by atoms with Gasteiger partial charge in [0.25, 0.3) is 0 Å². The van der Waals surface area contributed by atoms with Crippen molar-refractivity contribution in [1.29, 1.82) is 0 Å². The number of aryl methyl sites for hydroxylation is 1. The molecule has 0 aliphatic carbocycles. The third-order valence-corrected chi connectivity index (χ3v) is 1.46. The minimum Gasteiger partial charge on any atom is -0.249 e. The smallest absolute Gasteiger partial charge is 0.119 e. The molecule has 0 spiro atoms. The van der Waals surface area contributed by atoms with Crippen molar-refractivity contribution in [3.05, 3.63) is 36.4 Å². The highest BCUT2D eigenvalue weighted by atomic mass is 15.5. The van der Waals surface area contributed by atoms with Crippen LogP contribution < -0.4 is 0 Å². The lowest BCUT2D eigenvalue weighted by Gasteiger charge is -1.96. The predicted octanol–water partition coefficient (Wildman–Crippen LogP) is 0.771. The maximum atomic E-state index is 4.01. The molecule has 0 unspecified atom stereocenters. The van der Waals surface area contributed by atoms with E-state index in [0.29, 0.717) is 0 Å². The van der Waals surface area contributed by atoms with E-state index in [1.165, 1.54) is 4.80 Å². The van der Waals surface area contributed by atoms with E-state index in [4.69, 9.17) is 0 Å². The Morgan fingerprint density at radius 2 is 2.00 bits per heavy atom. The van der Waals surface area contributed by atoms with Gasteiger partial charge in [-0.3, -0.25) is 0 Å². The zero-order valence-electron chi connectivity index (χ0n) is 6.60. The summed E-state index contributed by atoms with van der Waals surface area (Å²) in [5.74, 6) is 0. The van der Waals surface area contributed by atoms with Crippen molar-refractivity contribution < 1.29 is 0 Å². The minimum atomic E-state index is 0.755. The van der Waals surface area contributed by atoms with Gasteiger partial charge in [-0.15, -0.1) is 4.80 Å². The molecule has 4 nitrogen and oxygen atoms in total. The number of nitrogens with zero attached hydrogens (tertiary/aromatic N) is 4. The van der Waals surface area contributed by atoms with Crippen molar-refractivity contribution in [1.82, 2.24) is 20.0 Å². The summed E-state index contributed by atoms with van der Waals surface area (Å²) in [6.45, 7) is 1.91. The quantitative estimate of drug-likeness (QED) is 0.617. The standard InChI is InChI=1S/C8H7N4/c1-7-2-3-8(6-9-7)12-10-4-5-11-12/h2-5H,1H3. The molecule has 0 N–H and O–H groups in total. The van der Waals surface area contributed by atoms with Crippen molar-refractivity contribution in [3.8, 4) is 5.69 Å². The second-order valence-corrected chi connectivity index (χ2v) is 2.40. The van der Waals surface area contributed by atoms with Crippen LogP contribution in [-0.2, 0) is 0 Å². The Labute approximate surface area is 69.9 Å². The van der Waals surface area contributed by atoms with Gasteiger partial charge in [0.2, 0.25) is 0 Å². The van der Waals surface area contributed by atoms with Crippen molar-refractivity contribution >= 4 is 0 Å². The second-order valence-electron chi connectivity index (χ2n) is 2.40. The summed E-state index contributed by atoms with van der Waals surface area (Å²) in [5, 5.41) is 7.90. The lowest BCUT2D eigenvalue weighted by Crippen LogP contribution is -1.99. The monoisotopic (exact) mass is 159 g/mol. The van der Waals surface area contributed by atoms with Crippen molar-refractivity contribution in [3.63, 3.8) is 0 Å². The van der Waals surface area contributed by atoms with E-state index in [0.717, 1.165) is 11.4 Å². The Hall–Kier alpha value is -1.71. The molecule has 1 radical (unpaired) electrons. The van der Waals surface area contributed by atoms with E-state index >= 15 is 0 Å². The SMILES string of the molecule is Cc1ccc(-n2nccn2)[c]n1. The molecule has 0 saturated carbocycles. The largest absolute Gasteiger partial charge is 0.249 e. The fraction of sp³-hybridized carbons (Fsp3) is 0.125. The molecule has 0 aliphatic rings. The number of rotatable bonds is 1. The van der Waals surface area contributed by atoms with Gasteiger partial charge in [-0.2, -0.15) is 10.2 Å². The van der Waals surface area contributed by atoms with E-state index in [1.807, 2.05) is 19.1 Å². The van der Waals surface area contributed by atoms with E-state index in [9.17, 15) is 0 Å². The molecule has 2 aromatic rings. The normalized spacial score (nSPS) is 10.1. The number of hydrogen-bond donors (Lipinski definition) is 0. The lowest BCUT2D eigenvalue weighted by atomic mass is 10.3. The Kier molecular flexibility index (Phi) is 1.59. The summed E-state index contributed by atoms with van der Waals surface area (Å²) in [6.07, 6.45) is 6.06. The molecule has 12 heavy (non-hydrogen) atoms. The first-order chi connectivity index (χ1) is 5.86. The van der Waals surface area contributed by atoms with Gasteiger partial charge >= 0.3 is 0 Å². The topological polar surface area (TPSA) is 43.6 Å². The molecule has 2 aromatic heterocycles. The van der Waals surface area contributed by atoms with Crippen LogP contribution in [0.4, 0.5) is 0 Å². The number of pyridine rings is 1. The van der Waals surface area contributed by atoms with Gasteiger partial charge in [0, 0.05) is 5.69 Å². The third kappa shape index (κ3) is 1.18. The molecule has 2 rings (SSSR count). The second kappa shape index (κ2) is 2.73. The van der Waals surface area contributed by atoms with Crippen LogP contribution >= 0.6 is 0 Å². The van der Waals surface area contributed by atoms with Crippen molar-refractivity contribution in [2.45, 2.75) is 6.92 Å². The average Bonchev–Trinajstić information content (AvgIpc) is 2.58. The molecule has 2 heterocycles. The maximum Gasteiger partial charge on any atom is 0.119 e. The van der Waals surface area contributed by atoms with Crippen LogP contribution in [0.25, 0.3) is 5.69 Å². The van der Waals surface area contributed by atoms with Crippen LogP contribution in [0.5, 0.6) is 0 Å². The first-order valence-corrected chi connectivity index (χ1v) is 3.58. The summed E-state index contributed by atoms with van der Waals surface area (Å²) >= 11 is 0. The molecular weight excluding hydrogens is 152 g/mol. The van der Waals surface area contributed by atoms with E-state index < -0.39 is 0 Å².